The minimum atomic E-state index is -0.950. The Balaban J connectivity index is 1.10. The Morgan fingerprint density at radius 1 is 1.06 bits per heavy atom. The van der Waals surface area contributed by atoms with E-state index in [9.17, 15) is 9.18 Å². The van der Waals surface area contributed by atoms with Crippen LogP contribution < -0.4 is 9.64 Å². The summed E-state index contributed by atoms with van der Waals surface area (Å²) >= 11 is 0. The van der Waals surface area contributed by atoms with Gasteiger partial charge in [0.1, 0.15) is 29.8 Å². The van der Waals surface area contributed by atoms with Crippen molar-refractivity contribution in [2.24, 2.45) is 5.92 Å². The number of carbonyl (C=O) groups excluding carboxylic acids is 1. The van der Waals surface area contributed by atoms with Crippen molar-refractivity contribution >= 4 is 39.5 Å². The zero-order valence-electron chi connectivity index (χ0n) is 28.8. The van der Waals surface area contributed by atoms with Crippen molar-refractivity contribution in [2.75, 3.05) is 44.2 Å². The van der Waals surface area contributed by atoms with E-state index in [-0.39, 0.29) is 48.2 Å². The molecule has 4 atom stereocenters. The van der Waals surface area contributed by atoms with E-state index in [0.717, 1.165) is 30.8 Å². The standard InChI is InChI=1S/C40H35F3N8O2/c1-2-24-7-3-8-25-9-4-10-28(33(24)25)35-34(43)36-29(19-46-35)37(48-39(47-36)53-23-40-12-5-15-50(40)21-27(41)18-40)51-16-11-26-20-49(22-31(26)51)38(52)30(42)17-32-44-13-6-14-45-32/h1,3-4,6-10,13-14,17,19,26-27,31H,5,11-12,15-16,18,20-23H2/b30-17-/t26-,27-,31+,40+/m1/s1. The predicted octanol–water partition coefficient (Wildman–Crippen LogP) is 5.76. The quantitative estimate of drug-likeness (QED) is 0.154. The number of likely N-dealkylation sites (tertiary alicyclic amines) is 1. The lowest BCUT2D eigenvalue weighted by Crippen LogP contribution is -2.43. The smallest absolute Gasteiger partial charge is 0.319 e. The lowest BCUT2D eigenvalue weighted by atomic mass is 9.95. The molecule has 4 saturated heterocycles. The number of benzene rings is 2. The molecule has 1 amide bonds. The highest BCUT2D eigenvalue weighted by Crippen LogP contribution is 2.43. The third-order valence-corrected chi connectivity index (χ3v) is 11.3. The number of alkyl halides is 1. The molecule has 0 radical (unpaired) electrons. The summed E-state index contributed by atoms with van der Waals surface area (Å²) in [6.45, 7) is 2.47. The Hall–Kier alpha value is -5.61. The van der Waals surface area contributed by atoms with E-state index >= 15 is 8.78 Å². The summed E-state index contributed by atoms with van der Waals surface area (Å²) in [5.74, 6) is 0.901. The van der Waals surface area contributed by atoms with E-state index < -0.39 is 29.3 Å². The van der Waals surface area contributed by atoms with Gasteiger partial charge < -0.3 is 14.5 Å². The van der Waals surface area contributed by atoms with Gasteiger partial charge in [0, 0.05) is 79.7 Å². The third-order valence-electron chi connectivity index (χ3n) is 11.3. The van der Waals surface area contributed by atoms with Gasteiger partial charge in [-0.15, -0.1) is 6.42 Å². The molecule has 53 heavy (non-hydrogen) atoms. The summed E-state index contributed by atoms with van der Waals surface area (Å²) in [5.41, 5.74) is 0.773. The number of aromatic nitrogens is 5. The van der Waals surface area contributed by atoms with Crippen LogP contribution in [0.15, 0.2) is 66.9 Å². The summed E-state index contributed by atoms with van der Waals surface area (Å²) in [5, 5.41) is 1.93. The van der Waals surface area contributed by atoms with Crippen LogP contribution in [0.1, 0.15) is 37.1 Å². The normalized spacial score (nSPS) is 24.2. The van der Waals surface area contributed by atoms with Gasteiger partial charge in [-0.2, -0.15) is 9.97 Å². The van der Waals surface area contributed by atoms with Gasteiger partial charge in [-0.05, 0) is 43.3 Å². The molecular formula is C40H35F3N8O2. The average molecular weight is 717 g/mol. The van der Waals surface area contributed by atoms with Gasteiger partial charge in [-0.25, -0.2) is 23.1 Å². The molecule has 0 spiro atoms. The lowest BCUT2D eigenvalue weighted by Gasteiger charge is -2.31. The topological polar surface area (TPSA) is 100 Å². The van der Waals surface area contributed by atoms with Crippen LogP contribution in [0.3, 0.4) is 0 Å². The number of carbonyl (C=O) groups is 1. The van der Waals surface area contributed by atoms with Crippen molar-refractivity contribution in [3.63, 3.8) is 0 Å². The van der Waals surface area contributed by atoms with Crippen LogP contribution in [-0.4, -0.2) is 97.7 Å². The van der Waals surface area contributed by atoms with Gasteiger partial charge in [-0.3, -0.25) is 14.7 Å². The molecule has 2 aromatic carbocycles. The summed E-state index contributed by atoms with van der Waals surface area (Å²) in [4.78, 5) is 41.0. The molecule has 0 saturated carbocycles. The SMILES string of the molecule is C#Cc1cccc2cccc(-c3ncc4c(N5CC[C@@H]6CN(C(=O)/C(F)=C/c7ncccn7)C[C@@H]65)nc(OC[C@@]56CCCN5C[C@H](F)C6)nc4c3F)c12. The summed E-state index contributed by atoms with van der Waals surface area (Å²) in [6.07, 6.45) is 13.3. The molecule has 0 aliphatic carbocycles. The van der Waals surface area contributed by atoms with E-state index in [1.165, 1.54) is 17.3 Å². The monoisotopic (exact) mass is 716 g/mol. The molecule has 3 aromatic heterocycles. The van der Waals surface area contributed by atoms with Crippen molar-refractivity contribution in [1.29, 1.82) is 0 Å². The first kappa shape index (κ1) is 33.2. The molecule has 0 N–H and O–H groups in total. The number of nitrogens with zero attached hydrogens (tertiary/aromatic N) is 8. The second-order valence-electron chi connectivity index (χ2n) is 14.3. The Kier molecular flexibility index (Phi) is 8.22. The molecule has 0 unspecified atom stereocenters. The fraction of sp³-hybridized carbons (Fsp3) is 0.350. The first-order valence-electron chi connectivity index (χ1n) is 17.9. The van der Waals surface area contributed by atoms with Crippen LogP contribution >= 0.6 is 0 Å². The van der Waals surface area contributed by atoms with Crippen LogP contribution in [-0.2, 0) is 4.79 Å². The number of anilines is 1. The van der Waals surface area contributed by atoms with Gasteiger partial charge in [0.15, 0.2) is 17.5 Å². The Morgan fingerprint density at radius 3 is 2.72 bits per heavy atom. The molecule has 7 heterocycles. The number of ether oxygens (including phenoxy) is 1. The zero-order chi connectivity index (χ0) is 36.3. The van der Waals surface area contributed by atoms with Crippen molar-refractivity contribution in [2.45, 2.75) is 43.4 Å². The largest absolute Gasteiger partial charge is 0.461 e. The highest BCUT2D eigenvalue weighted by atomic mass is 19.1. The number of amides is 1. The molecule has 4 aliphatic heterocycles. The summed E-state index contributed by atoms with van der Waals surface area (Å²) in [6, 6.07) is 12.5. The van der Waals surface area contributed by atoms with E-state index in [4.69, 9.17) is 16.1 Å². The van der Waals surface area contributed by atoms with Gasteiger partial charge in [-0.1, -0.05) is 36.3 Å². The van der Waals surface area contributed by atoms with Crippen molar-refractivity contribution in [1.82, 2.24) is 34.7 Å². The van der Waals surface area contributed by atoms with Crippen molar-refractivity contribution in [3.05, 3.63) is 84.1 Å². The molecular weight excluding hydrogens is 681 g/mol. The van der Waals surface area contributed by atoms with Crippen LogP contribution in [0.4, 0.5) is 19.0 Å². The maximum atomic E-state index is 17.0. The molecule has 9 rings (SSSR count). The van der Waals surface area contributed by atoms with Crippen LogP contribution in [0.5, 0.6) is 6.01 Å². The molecule has 5 aromatic rings. The number of terminal acetylenes is 1. The minimum Gasteiger partial charge on any atom is -0.461 e. The highest BCUT2D eigenvalue weighted by Gasteiger charge is 2.50. The van der Waals surface area contributed by atoms with Crippen LogP contribution in [0.25, 0.3) is 39.0 Å². The molecule has 0 bridgehead atoms. The number of pyridine rings is 1. The maximum Gasteiger partial charge on any atom is 0.319 e. The van der Waals surface area contributed by atoms with Crippen molar-refractivity contribution in [3.8, 4) is 29.6 Å². The molecule has 10 nitrogen and oxygen atoms in total. The summed E-state index contributed by atoms with van der Waals surface area (Å²) < 4.78 is 53.1. The zero-order valence-corrected chi connectivity index (χ0v) is 28.8. The Morgan fingerprint density at radius 2 is 1.89 bits per heavy atom. The first-order chi connectivity index (χ1) is 25.8. The van der Waals surface area contributed by atoms with Crippen LogP contribution in [0, 0.1) is 24.1 Å². The minimum absolute atomic E-state index is 0.0204. The lowest BCUT2D eigenvalue weighted by molar-refractivity contribution is -0.127. The molecule has 13 heteroatoms. The number of halogens is 3. The fourth-order valence-corrected chi connectivity index (χ4v) is 8.90. The molecule has 4 fully saturated rings. The predicted molar refractivity (Wildman–Crippen MR) is 194 cm³/mol. The van der Waals surface area contributed by atoms with E-state index in [1.807, 2.05) is 35.2 Å². The highest BCUT2D eigenvalue weighted by molar-refractivity contribution is 6.02. The molecule has 4 aliphatic rings. The Bertz CT molecular complexity index is 2330. The second kappa shape index (κ2) is 13.1. The summed E-state index contributed by atoms with van der Waals surface area (Å²) in [7, 11) is 0. The van der Waals surface area contributed by atoms with Gasteiger partial charge >= 0.3 is 6.01 Å². The van der Waals surface area contributed by atoms with Crippen LogP contribution in [0.2, 0.25) is 0 Å². The van der Waals surface area contributed by atoms with Gasteiger partial charge in [0.2, 0.25) is 0 Å². The molecule has 268 valence electrons. The number of rotatable bonds is 7. The Labute approximate surface area is 303 Å². The fourth-order valence-electron chi connectivity index (χ4n) is 8.90. The van der Waals surface area contributed by atoms with E-state index in [1.54, 1.807) is 18.3 Å². The van der Waals surface area contributed by atoms with Gasteiger partial charge in [0.05, 0.1) is 17.0 Å². The number of hydrogen-bond donors (Lipinski definition) is 0. The average Bonchev–Trinajstić information content (AvgIpc) is 3.94. The number of fused-ring (bicyclic) bond motifs is 4. The number of hydrogen-bond acceptors (Lipinski definition) is 9. The second-order valence-corrected chi connectivity index (χ2v) is 14.3. The third kappa shape index (κ3) is 5.72. The maximum absolute atomic E-state index is 17.0. The first-order valence-corrected chi connectivity index (χ1v) is 17.9. The van der Waals surface area contributed by atoms with E-state index in [0.29, 0.717) is 60.2 Å². The van der Waals surface area contributed by atoms with Gasteiger partial charge in [0.25, 0.3) is 5.91 Å². The van der Waals surface area contributed by atoms with E-state index in [2.05, 4.69) is 30.8 Å². The van der Waals surface area contributed by atoms with Crippen molar-refractivity contribution < 1.29 is 22.7 Å².